The highest BCUT2D eigenvalue weighted by atomic mass is 79.9. The lowest BCUT2D eigenvalue weighted by Gasteiger charge is -2.33. The third-order valence-corrected chi connectivity index (χ3v) is 8.56. The summed E-state index contributed by atoms with van der Waals surface area (Å²) in [5.74, 6) is -0.170. The van der Waals surface area contributed by atoms with Crippen LogP contribution < -0.4 is 14.4 Å². The van der Waals surface area contributed by atoms with Gasteiger partial charge in [-0.3, -0.25) is 13.9 Å². The number of hydrogen-bond donors (Lipinski definition) is 1. The van der Waals surface area contributed by atoms with E-state index in [1.165, 1.54) is 17.0 Å². The summed E-state index contributed by atoms with van der Waals surface area (Å²) < 4.78 is 35.2. The number of anilines is 1. The molecule has 0 aliphatic heterocycles. The summed E-state index contributed by atoms with van der Waals surface area (Å²) in [6, 6.07) is 21.4. The van der Waals surface area contributed by atoms with E-state index in [0.29, 0.717) is 31.0 Å². The maximum Gasteiger partial charge on any atom is 0.264 e. The van der Waals surface area contributed by atoms with Gasteiger partial charge in [0, 0.05) is 17.6 Å². The maximum atomic E-state index is 14.0. The van der Waals surface area contributed by atoms with Crippen molar-refractivity contribution in [1.82, 2.24) is 10.2 Å². The highest BCUT2D eigenvalue weighted by Crippen LogP contribution is 2.27. The van der Waals surface area contributed by atoms with Crippen molar-refractivity contribution in [2.24, 2.45) is 0 Å². The summed E-state index contributed by atoms with van der Waals surface area (Å²) in [6.45, 7) is 6.27. The van der Waals surface area contributed by atoms with E-state index in [1.54, 1.807) is 36.4 Å². The molecule has 3 aromatic rings. The summed E-state index contributed by atoms with van der Waals surface area (Å²) in [5, 5.41) is 2.89. The zero-order chi connectivity index (χ0) is 29.1. The van der Waals surface area contributed by atoms with E-state index in [0.717, 1.165) is 20.8 Å². The maximum absolute atomic E-state index is 14.0. The molecule has 40 heavy (non-hydrogen) atoms. The Bertz CT molecular complexity index is 1350. The predicted molar refractivity (Wildman–Crippen MR) is 161 cm³/mol. The predicted octanol–water partition coefficient (Wildman–Crippen LogP) is 5.38. The van der Waals surface area contributed by atoms with Crippen molar-refractivity contribution in [1.29, 1.82) is 0 Å². The Morgan fingerprint density at radius 2 is 1.57 bits per heavy atom. The van der Waals surface area contributed by atoms with E-state index in [1.807, 2.05) is 51.1 Å². The molecule has 3 rings (SSSR count). The van der Waals surface area contributed by atoms with Gasteiger partial charge in [-0.15, -0.1) is 0 Å². The van der Waals surface area contributed by atoms with Gasteiger partial charge in [0.15, 0.2) is 0 Å². The van der Waals surface area contributed by atoms with Gasteiger partial charge in [-0.05, 0) is 73.9 Å². The monoisotopic (exact) mass is 629 g/mol. The van der Waals surface area contributed by atoms with Crippen LogP contribution in [0.5, 0.6) is 5.75 Å². The van der Waals surface area contributed by atoms with Crippen LogP contribution in [0.1, 0.15) is 39.2 Å². The molecular weight excluding hydrogens is 594 g/mol. The fourth-order valence-electron chi connectivity index (χ4n) is 4.20. The molecule has 2 amide bonds. The Labute approximate surface area is 245 Å². The van der Waals surface area contributed by atoms with Crippen LogP contribution in [0.25, 0.3) is 0 Å². The van der Waals surface area contributed by atoms with Crippen LogP contribution in [0.3, 0.4) is 0 Å². The van der Waals surface area contributed by atoms with Crippen LogP contribution in [0.2, 0.25) is 0 Å². The summed E-state index contributed by atoms with van der Waals surface area (Å²) in [7, 11) is -4.14. The standard InChI is InChI=1S/C30H36BrN3O5S/c1-4-20-32-30(36)28(5-2)33(21-23-10-8-7-9-11-23)29(35)22-34(25-14-16-26(17-15-25)39-6-3)40(37,38)27-18-12-24(31)13-19-27/h7-19,28H,4-6,20-22H2,1-3H3,(H,32,36)/t28-/m1/s1. The van der Waals surface area contributed by atoms with Crippen LogP contribution in [-0.2, 0) is 26.2 Å². The number of carbonyl (C=O) groups is 2. The topological polar surface area (TPSA) is 96.0 Å². The number of ether oxygens (including phenoxy) is 1. The molecule has 0 saturated carbocycles. The highest BCUT2D eigenvalue weighted by Gasteiger charge is 2.33. The molecule has 0 bridgehead atoms. The second kappa shape index (κ2) is 14.9. The van der Waals surface area contributed by atoms with Crippen LogP contribution in [0.15, 0.2) is 88.2 Å². The van der Waals surface area contributed by atoms with E-state index < -0.39 is 28.5 Å². The van der Waals surface area contributed by atoms with Gasteiger partial charge < -0.3 is 15.0 Å². The Kier molecular flexibility index (Phi) is 11.6. The molecule has 0 aliphatic rings. The number of benzene rings is 3. The highest BCUT2D eigenvalue weighted by molar-refractivity contribution is 9.10. The molecule has 8 nitrogen and oxygen atoms in total. The molecule has 0 aromatic heterocycles. The van der Waals surface area contributed by atoms with Gasteiger partial charge >= 0.3 is 0 Å². The molecular formula is C30H36BrN3O5S. The molecule has 0 aliphatic carbocycles. The van der Waals surface area contributed by atoms with E-state index in [2.05, 4.69) is 21.2 Å². The quantitative estimate of drug-likeness (QED) is 0.258. The number of halogens is 1. The van der Waals surface area contributed by atoms with Gasteiger partial charge in [0.25, 0.3) is 10.0 Å². The number of amides is 2. The second-order valence-corrected chi connectivity index (χ2v) is 11.9. The average Bonchev–Trinajstić information content (AvgIpc) is 2.96. The van der Waals surface area contributed by atoms with Gasteiger partial charge in [-0.1, -0.05) is 60.1 Å². The molecule has 1 atom stereocenters. The minimum absolute atomic E-state index is 0.0414. The van der Waals surface area contributed by atoms with Gasteiger partial charge in [0.05, 0.1) is 17.2 Å². The van der Waals surface area contributed by atoms with Crippen molar-refractivity contribution in [3.63, 3.8) is 0 Å². The fraction of sp³-hybridized carbons (Fsp3) is 0.333. The van der Waals surface area contributed by atoms with Crippen LogP contribution >= 0.6 is 15.9 Å². The number of rotatable bonds is 14. The zero-order valence-corrected chi connectivity index (χ0v) is 25.4. The smallest absolute Gasteiger partial charge is 0.264 e. The van der Waals surface area contributed by atoms with Crippen molar-refractivity contribution < 1.29 is 22.7 Å². The fourth-order valence-corrected chi connectivity index (χ4v) is 5.88. The summed E-state index contributed by atoms with van der Waals surface area (Å²) in [4.78, 5) is 28.7. The first-order valence-corrected chi connectivity index (χ1v) is 15.6. The molecule has 3 aromatic carbocycles. The van der Waals surface area contributed by atoms with Crippen LogP contribution in [0, 0.1) is 0 Å². The summed E-state index contributed by atoms with van der Waals surface area (Å²) >= 11 is 3.34. The van der Waals surface area contributed by atoms with Gasteiger partial charge in [0.1, 0.15) is 18.3 Å². The minimum Gasteiger partial charge on any atom is -0.494 e. The van der Waals surface area contributed by atoms with E-state index >= 15 is 0 Å². The first-order valence-electron chi connectivity index (χ1n) is 13.3. The SMILES string of the molecule is CCCNC(=O)[C@@H](CC)N(Cc1ccccc1)C(=O)CN(c1ccc(OCC)cc1)S(=O)(=O)c1ccc(Br)cc1. The first-order chi connectivity index (χ1) is 19.2. The third kappa shape index (κ3) is 8.08. The lowest BCUT2D eigenvalue weighted by atomic mass is 10.1. The molecule has 0 radical (unpaired) electrons. The molecule has 0 heterocycles. The average molecular weight is 631 g/mol. The van der Waals surface area contributed by atoms with Crippen LogP contribution in [-0.4, -0.2) is 50.9 Å². The Hall–Kier alpha value is -3.37. The van der Waals surface area contributed by atoms with Gasteiger partial charge in [-0.2, -0.15) is 0 Å². The van der Waals surface area contributed by atoms with Crippen molar-refractivity contribution in [3.8, 4) is 5.75 Å². The van der Waals surface area contributed by atoms with Gasteiger partial charge in [0.2, 0.25) is 11.8 Å². The molecule has 1 N–H and O–H groups in total. The lowest BCUT2D eigenvalue weighted by Crippen LogP contribution is -2.52. The van der Waals surface area contributed by atoms with Crippen molar-refractivity contribution in [2.45, 2.75) is 51.1 Å². The van der Waals surface area contributed by atoms with E-state index in [4.69, 9.17) is 4.74 Å². The molecule has 0 saturated heterocycles. The molecule has 10 heteroatoms. The lowest BCUT2D eigenvalue weighted by molar-refractivity contribution is -0.140. The van der Waals surface area contributed by atoms with Gasteiger partial charge in [-0.25, -0.2) is 8.42 Å². The third-order valence-electron chi connectivity index (χ3n) is 6.25. The Morgan fingerprint density at radius 3 is 2.15 bits per heavy atom. The Morgan fingerprint density at radius 1 is 0.925 bits per heavy atom. The molecule has 0 fully saturated rings. The number of hydrogen-bond acceptors (Lipinski definition) is 5. The van der Waals surface area contributed by atoms with Crippen molar-refractivity contribution in [3.05, 3.63) is 88.9 Å². The van der Waals surface area contributed by atoms with E-state index in [9.17, 15) is 18.0 Å². The summed E-state index contributed by atoms with van der Waals surface area (Å²) in [5.41, 5.74) is 1.14. The van der Waals surface area contributed by atoms with Crippen LogP contribution in [0.4, 0.5) is 5.69 Å². The van der Waals surface area contributed by atoms with E-state index in [-0.39, 0.29) is 17.3 Å². The number of carbonyl (C=O) groups excluding carboxylic acids is 2. The second-order valence-electron chi connectivity index (χ2n) is 9.11. The minimum atomic E-state index is -4.14. The molecule has 214 valence electrons. The molecule has 0 unspecified atom stereocenters. The number of nitrogens with zero attached hydrogens (tertiary/aromatic N) is 2. The zero-order valence-electron chi connectivity index (χ0n) is 23.0. The normalized spacial score (nSPS) is 11.9. The summed E-state index contributed by atoms with van der Waals surface area (Å²) in [6.07, 6.45) is 1.13. The number of sulfonamides is 1. The molecule has 0 spiro atoms. The van der Waals surface area contributed by atoms with Crippen molar-refractivity contribution >= 4 is 43.5 Å². The Balaban J connectivity index is 2.04. The largest absolute Gasteiger partial charge is 0.494 e. The number of nitrogens with one attached hydrogen (secondary N) is 1. The first kappa shape index (κ1) is 31.2. The van der Waals surface area contributed by atoms with Crippen molar-refractivity contribution in [2.75, 3.05) is 24.0 Å².